The third-order valence-corrected chi connectivity index (χ3v) is 2.81. The second-order valence-corrected chi connectivity index (χ2v) is 4.03. The van der Waals surface area contributed by atoms with E-state index in [9.17, 15) is 0 Å². The van der Waals surface area contributed by atoms with E-state index in [1.165, 1.54) is 0 Å². The first-order valence-corrected chi connectivity index (χ1v) is 5.75. The first-order chi connectivity index (χ1) is 8.86. The molecule has 4 nitrogen and oxygen atoms in total. The minimum absolute atomic E-state index is 0.539. The van der Waals surface area contributed by atoms with Crippen molar-refractivity contribution in [1.29, 1.82) is 0 Å². The van der Waals surface area contributed by atoms with Gasteiger partial charge in [-0.25, -0.2) is 4.98 Å². The summed E-state index contributed by atoms with van der Waals surface area (Å²) in [5.74, 6) is 0.636. The summed E-state index contributed by atoms with van der Waals surface area (Å²) in [4.78, 5) is 4.50. The van der Waals surface area contributed by atoms with Gasteiger partial charge in [0.05, 0.1) is 5.52 Å². The third-order valence-electron chi connectivity index (χ3n) is 2.81. The van der Waals surface area contributed by atoms with E-state index in [1.54, 1.807) is 0 Å². The van der Waals surface area contributed by atoms with Crippen LogP contribution in [-0.2, 0) is 6.54 Å². The Balaban J connectivity index is 2.07. The normalized spacial score (nSPS) is 10.7. The van der Waals surface area contributed by atoms with Gasteiger partial charge < -0.3 is 5.73 Å². The molecule has 0 saturated heterocycles. The predicted octanol–water partition coefficient (Wildman–Crippen LogP) is 2.15. The van der Waals surface area contributed by atoms with Gasteiger partial charge in [0.2, 0.25) is 0 Å². The van der Waals surface area contributed by atoms with Crippen molar-refractivity contribution in [3.63, 3.8) is 0 Å². The van der Waals surface area contributed by atoms with Crippen LogP contribution in [0, 0.1) is 0 Å². The summed E-state index contributed by atoms with van der Waals surface area (Å²) in [5.41, 5.74) is 9.27. The van der Waals surface area contributed by atoms with E-state index < -0.39 is 0 Å². The maximum Gasteiger partial charge on any atom is 0.182 e. The molecule has 0 unspecified atom stereocenters. The Morgan fingerprint density at radius 1 is 0.833 bits per heavy atom. The van der Waals surface area contributed by atoms with Gasteiger partial charge in [-0.3, -0.25) is 0 Å². The van der Waals surface area contributed by atoms with Crippen LogP contribution < -0.4 is 5.73 Å². The highest BCUT2D eigenvalue weighted by atomic mass is 15.1. The highest BCUT2D eigenvalue weighted by molar-refractivity contribution is 5.75. The lowest BCUT2D eigenvalue weighted by atomic mass is 10.1. The van der Waals surface area contributed by atoms with Gasteiger partial charge in [-0.1, -0.05) is 36.4 Å². The number of nitrogens with two attached hydrogens (primary N) is 1. The van der Waals surface area contributed by atoms with Gasteiger partial charge in [0, 0.05) is 12.1 Å². The molecule has 1 heterocycles. The van der Waals surface area contributed by atoms with Gasteiger partial charge in [0.1, 0.15) is 5.52 Å². The van der Waals surface area contributed by atoms with Crippen LogP contribution in [0.3, 0.4) is 0 Å². The topological polar surface area (TPSA) is 64.7 Å². The average molecular weight is 236 g/mol. The lowest BCUT2D eigenvalue weighted by Gasteiger charge is -2.02. The first kappa shape index (κ1) is 10.8. The van der Waals surface area contributed by atoms with Crippen molar-refractivity contribution in [2.45, 2.75) is 6.54 Å². The van der Waals surface area contributed by atoms with E-state index >= 15 is 0 Å². The fourth-order valence-corrected chi connectivity index (χ4v) is 1.79. The number of hydrogen-bond acceptors (Lipinski definition) is 4. The molecule has 0 aliphatic heterocycles. The Hall–Kier alpha value is -2.33. The Bertz CT molecular complexity index is 677. The third kappa shape index (κ3) is 1.94. The average Bonchev–Trinajstić information content (AvgIpc) is 2.47. The van der Waals surface area contributed by atoms with Gasteiger partial charge >= 0.3 is 0 Å². The molecule has 0 atom stereocenters. The summed E-state index contributed by atoms with van der Waals surface area (Å²) in [6, 6.07) is 15.6. The number of rotatable bonds is 2. The van der Waals surface area contributed by atoms with Gasteiger partial charge in [0.25, 0.3) is 0 Å². The molecule has 0 amide bonds. The fourth-order valence-electron chi connectivity index (χ4n) is 1.79. The molecular formula is C14H12N4. The SMILES string of the molecule is NCc1ccc(-c2nnc3ccccc3n2)cc1. The fraction of sp³-hybridized carbons (Fsp3) is 0.0714. The molecule has 0 aliphatic rings. The zero-order chi connectivity index (χ0) is 12.4. The van der Waals surface area contributed by atoms with Crippen LogP contribution in [-0.4, -0.2) is 15.2 Å². The molecule has 0 fully saturated rings. The molecule has 0 spiro atoms. The standard InChI is InChI=1S/C14H12N4/c15-9-10-5-7-11(8-6-10)14-16-12-3-1-2-4-13(12)17-18-14/h1-8H,9,15H2. The molecule has 18 heavy (non-hydrogen) atoms. The Morgan fingerprint density at radius 2 is 1.56 bits per heavy atom. The number of hydrogen-bond donors (Lipinski definition) is 1. The van der Waals surface area contributed by atoms with Crippen molar-refractivity contribution in [2.75, 3.05) is 0 Å². The molecule has 0 aliphatic carbocycles. The van der Waals surface area contributed by atoms with E-state index in [0.29, 0.717) is 12.4 Å². The molecule has 3 aromatic rings. The van der Waals surface area contributed by atoms with Crippen LogP contribution >= 0.6 is 0 Å². The van der Waals surface area contributed by atoms with Crippen LogP contribution in [0.15, 0.2) is 48.5 Å². The highest BCUT2D eigenvalue weighted by Gasteiger charge is 2.03. The van der Waals surface area contributed by atoms with Gasteiger partial charge in [0.15, 0.2) is 5.82 Å². The molecule has 3 rings (SSSR count). The summed E-state index contributed by atoms with van der Waals surface area (Å²) < 4.78 is 0. The predicted molar refractivity (Wildman–Crippen MR) is 70.7 cm³/mol. The number of aromatic nitrogens is 3. The Labute approximate surface area is 105 Å². The van der Waals surface area contributed by atoms with Crippen LogP contribution in [0.25, 0.3) is 22.4 Å². The quantitative estimate of drug-likeness (QED) is 0.740. The molecule has 0 saturated carbocycles. The Morgan fingerprint density at radius 3 is 2.28 bits per heavy atom. The summed E-state index contributed by atoms with van der Waals surface area (Å²) in [7, 11) is 0. The van der Waals surface area contributed by atoms with Crippen molar-refractivity contribution in [2.24, 2.45) is 5.73 Å². The minimum Gasteiger partial charge on any atom is -0.326 e. The molecule has 88 valence electrons. The molecule has 0 bridgehead atoms. The monoisotopic (exact) mass is 236 g/mol. The summed E-state index contributed by atoms with van der Waals surface area (Å²) in [6.45, 7) is 0.539. The maximum atomic E-state index is 5.57. The van der Waals surface area contributed by atoms with Crippen LogP contribution in [0.1, 0.15) is 5.56 Å². The molecular weight excluding hydrogens is 224 g/mol. The zero-order valence-corrected chi connectivity index (χ0v) is 9.74. The largest absolute Gasteiger partial charge is 0.326 e. The van der Waals surface area contributed by atoms with Crippen LogP contribution in [0.4, 0.5) is 0 Å². The number of benzene rings is 2. The van der Waals surface area contributed by atoms with Crippen molar-refractivity contribution in [3.05, 3.63) is 54.1 Å². The van der Waals surface area contributed by atoms with Crippen molar-refractivity contribution < 1.29 is 0 Å². The van der Waals surface area contributed by atoms with Crippen molar-refractivity contribution in [3.8, 4) is 11.4 Å². The highest BCUT2D eigenvalue weighted by Crippen LogP contribution is 2.17. The van der Waals surface area contributed by atoms with E-state index in [2.05, 4.69) is 15.2 Å². The molecule has 4 heteroatoms. The van der Waals surface area contributed by atoms with Crippen molar-refractivity contribution in [1.82, 2.24) is 15.2 Å². The lowest BCUT2D eigenvalue weighted by molar-refractivity contribution is 1.03. The molecule has 2 N–H and O–H groups in total. The summed E-state index contributed by atoms with van der Waals surface area (Å²) in [5, 5.41) is 8.30. The minimum atomic E-state index is 0.539. The summed E-state index contributed by atoms with van der Waals surface area (Å²) >= 11 is 0. The van der Waals surface area contributed by atoms with E-state index in [0.717, 1.165) is 22.2 Å². The second kappa shape index (κ2) is 4.50. The van der Waals surface area contributed by atoms with Crippen molar-refractivity contribution >= 4 is 11.0 Å². The zero-order valence-electron chi connectivity index (χ0n) is 9.74. The maximum absolute atomic E-state index is 5.57. The molecule has 2 aromatic carbocycles. The molecule has 1 aromatic heterocycles. The van der Waals surface area contributed by atoms with E-state index in [1.807, 2.05) is 48.5 Å². The summed E-state index contributed by atoms with van der Waals surface area (Å²) in [6.07, 6.45) is 0. The van der Waals surface area contributed by atoms with Crippen LogP contribution in [0.2, 0.25) is 0 Å². The lowest BCUT2D eigenvalue weighted by Crippen LogP contribution is -1.97. The number of fused-ring (bicyclic) bond motifs is 1. The van der Waals surface area contributed by atoms with E-state index in [-0.39, 0.29) is 0 Å². The second-order valence-electron chi connectivity index (χ2n) is 4.03. The smallest absolute Gasteiger partial charge is 0.182 e. The van der Waals surface area contributed by atoms with Gasteiger partial charge in [-0.15, -0.1) is 10.2 Å². The Kier molecular flexibility index (Phi) is 2.70. The number of nitrogens with zero attached hydrogens (tertiary/aromatic N) is 3. The first-order valence-electron chi connectivity index (χ1n) is 5.75. The number of para-hydroxylation sites is 1. The van der Waals surface area contributed by atoms with Crippen LogP contribution in [0.5, 0.6) is 0 Å². The van der Waals surface area contributed by atoms with Gasteiger partial charge in [-0.05, 0) is 17.7 Å². The molecule has 0 radical (unpaired) electrons. The van der Waals surface area contributed by atoms with E-state index in [4.69, 9.17) is 5.73 Å². The van der Waals surface area contributed by atoms with Gasteiger partial charge in [-0.2, -0.15) is 0 Å².